The monoisotopic (exact) mass is 313 g/mol. The zero-order valence-corrected chi connectivity index (χ0v) is 13.8. The maximum Gasteiger partial charge on any atom is 0.229 e. The van der Waals surface area contributed by atoms with Gasteiger partial charge in [-0.1, -0.05) is 36.8 Å². The van der Waals surface area contributed by atoms with E-state index in [1.807, 2.05) is 6.07 Å². The lowest BCUT2D eigenvalue weighted by molar-refractivity contribution is -0.147. The van der Waals surface area contributed by atoms with E-state index in [1.165, 1.54) is 24.8 Å². The third kappa shape index (κ3) is 2.69. The zero-order chi connectivity index (χ0) is 15.9. The number of carbonyl (C=O) groups is 1. The Balaban J connectivity index is 1.59. The largest absolute Gasteiger partial charge is 0.393 e. The molecule has 1 aromatic carbocycles. The lowest BCUT2D eigenvalue weighted by Gasteiger charge is -2.42. The van der Waals surface area contributed by atoms with E-state index in [9.17, 15) is 9.90 Å². The van der Waals surface area contributed by atoms with Crippen LogP contribution >= 0.6 is 0 Å². The highest BCUT2D eigenvalue weighted by Crippen LogP contribution is 2.58. The number of likely N-dealkylation sites (tertiary alicyclic amines) is 1. The molecule has 3 fully saturated rings. The van der Waals surface area contributed by atoms with Gasteiger partial charge in [0.05, 0.1) is 11.5 Å². The highest BCUT2D eigenvalue weighted by Gasteiger charge is 2.56. The van der Waals surface area contributed by atoms with Crippen LogP contribution in [-0.2, 0) is 11.2 Å². The summed E-state index contributed by atoms with van der Waals surface area (Å²) in [5.41, 5.74) is 1.12. The van der Waals surface area contributed by atoms with Crippen LogP contribution in [0.4, 0.5) is 0 Å². The SMILES string of the molecule is O=C(N1CCC(O)CC1)[C@@]1(Cc2ccccc2)C[C@H]2CC[C@H]1C2. The maximum absolute atomic E-state index is 13.5. The molecule has 1 saturated heterocycles. The van der Waals surface area contributed by atoms with Crippen molar-refractivity contribution in [1.29, 1.82) is 0 Å². The molecule has 0 spiro atoms. The Morgan fingerprint density at radius 2 is 1.87 bits per heavy atom. The number of amides is 1. The van der Waals surface area contributed by atoms with E-state index in [0.717, 1.165) is 44.7 Å². The van der Waals surface area contributed by atoms with Crippen molar-refractivity contribution in [2.75, 3.05) is 13.1 Å². The molecule has 1 amide bonds. The highest BCUT2D eigenvalue weighted by molar-refractivity contribution is 5.84. The van der Waals surface area contributed by atoms with Gasteiger partial charge in [0.25, 0.3) is 0 Å². The number of hydrogen-bond donors (Lipinski definition) is 1. The van der Waals surface area contributed by atoms with Crippen molar-refractivity contribution in [3.05, 3.63) is 35.9 Å². The average molecular weight is 313 g/mol. The molecule has 2 saturated carbocycles. The minimum Gasteiger partial charge on any atom is -0.393 e. The van der Waals surface area contributed by atoms with Crippen LogP contribution in [0.2, 0.25) is 0 Å². The number of hydrogen-bond acceptors (Lipinski definition) is 2. The number of aliphatic hydroxyl groups excluding tert-OH is 1. The molecule has 1 aliphatic heterocycles. The van der Waals surface area contributed by atoms with Crippen molar-refractivity contribution < 1.29 is 9.90 Å². The van der Waals surface area contributed by atoms with E-state index in [1.54, 1.807) is 0 Å². The molecule has 3 aliphatic rings. The van der Waals surface area contributed by atoms with Gasteiger partial charge in [0.1, 0.15) is 0 Å². The van der Waals surface area contributed by atoms with Gasteiger partial charge >= 0.3 is 0 Å². The second kappa shape index (κ2) is 5.94. The first-order valence-corrected chi connectivity index (χ1v) is 9.19. The Hall–Kier alpha value is -1.35. The van der Waals surface area contributed by atoms with Gasteiger partial charge in [-0.3, -0.25) is 4.79 Å². The maximum atomic E-state index is 13.5. The lowest BCUT2D eigenvalue weighted by Crippen LogP contribution is -2.51. The Labute approximate surface area is 138 Å². The van der Waals surface area contributed by atoms with E-state index < -0.39 is 0 Å². The standard InChI is InChI=1S/C20H27NO2/c22-18-8-10-21(11-9-18)19(23)20(13-15-4-2-1-3-5-15)14-16-6-7-17(20)12-16/h1-5,16-18,22H,6-14H2/t16-,17-,20-/m0/s1. The number of carbonyl (C=O) groups excluding carboxylic acids is 1. The van der Waals surface area contributed by atoms with Gasteiger partial charge in [0.2, 0.25) is 5.91 Å². The molecule has 2 aliphatic carbocycles. The topological polar surface area (TPSA) is 40.5 Å². The second-order valence-corrected chi connectivity index (χ2v) is 7.92. The van der Waals surface area contributed by atoms with Crippen LogP contribution in [0.3, 0.4) is 0 Å². The molecule has 1 aromatic rings. The van der Waals surface area contributed by atoms with Gasteiger partial charge in [-0.05, 0) is 55.9 Å². The van der Waals surface area contributed by atoms with Gasteiger partial charge in [-0.2, -0.15) is 0 Å². The first-order chi connectivity index (χ1) is 11.2. The molecular weight excluding hydrogens is 286 g/mol. The van der Waals surface area contributed by atoms with Crippen molar-refractivity contribution in [2.45, 2.75) is 51.0 Å². The summed E-state index contributed by atoms with van der Waals surface area (Å²) < 4.78 is 0. The Morgan fingerprint density at radius 1 is 1.13 bits per heavy atom. The number of benzene rings is 1. The number of aliphatic hydroxyl groups is 1. The van der Waals surface area contributed by atoms with Crippen molar-refractivity contribution in [2.24, 2.45) is 17.3 Å². The van der Waals surface area contributed by atoms with Crippen LogP contribution in [0.5, 0.6) is 0 Å². The fourth-order valence-electron chi connectivity index (χ4n) is 5.34. The van der Waals surface area contributed by atoms with E-state index in [-0.39, 0.29) is 11.5 Å². The van der Waals surface area contributed by atoms with Gasteiger partial charge < -0.3 is 10.0 Å². The lowest BCUT2D eigenvalue weighted by atomic mass is 9.68. The number of nitrogens with zero attached hydrogens (tertiary/aromatic N) is 1. The second-order valence-electron chi connectivity index (χ2n) is 7.92. The summed E-state index contributed by atoms with van der Waals surface area (Å²) in [5, 5.41) is 9.74. The van der Waals surface area contributed by atoms with E-state index in [0.29, 0.717) is 11.8 Å². The number of rotatable bonds is 3. The summed E-state index contributed by atoms with van der Waals surface area (Å²) in [6.45, 7) is 1.46. The fraction of sp³-hybridized carbons (Fsp3) is 0.650. The summed E-state index contributed by atoms with van der Waals surface area (Å²) in [4.78, 5) is 15.5. The predicted octanol–water partition coefficient (Wildman–Crippen LogP) is 3.02. The molecule has 3 nitrogen and oxygen atoms in total. The number of fused-ring (bicyclic) bond motifs is 2. The molecule has 124 valence electrons. The Morgan fingerprint density at radius 3 is 2.48 bits per heavy atom. The summed E-state index contributed by atoms with van der Waals surface area (Å²) in [5.74, 6) is 1.69. The van der Waals surface area contributed by atoms with E-state index >= 15 is 0 Å². The minimum absolute atomic E-state index is 0.174. The Bertz CT molecular complexity index is 564. The van der Waals surface area contributed by atoms with Crippen LogP contribution in [-0.4, -0.2) is 35.1 Å². The van der Waals surface area contributed by atoms with E-state index in [2.05, 4.69) is 29.2 Å². The summed E-state index contributed by atoms with van der Waals surface area (Å²) in [6.07, 6.45) is 7.01. The Kier molecular flexibility index (Phi) is 3.92. The predicted molar refractivity (Wildman–Crippen MR) is 89.8 cm³/mol. The van der Waals surface area contributed by atoms with Gasteiger partial charge in [0.15, 0.2) is 0 Å². The first-order valence-electron chi connectivity index (χ1n) is 9.19. The molecular formula is C20H27NO2. The fourth-order valence-corrected chi connectivity index (χ4v) is 5.34. The minimum atomic E-state index is -0.218. The number of piperidine rings is 1. The van der Waals surface area contributed by atoms with E-state index in [4.69, 9.17) is 0 Å². The van der Waals surface area contributed by atoms with Gasteiger partial charge in [0, 0.05) is 13.1 Å². The molecule has 2 bridgehead atoms. The molecule has 23 heavy (non-hydrogen) atoms. The van der Waals surface area contributed by atoms with Crippen molar-refractivity contribution in [3.8, 4) is 0 Å². The molecule has 4 rings (SSSR count). The molecule has 1 heterocycles. The van der Waals surface area contributed by atoms with Crippen LogP contribution in [0.1, 0.15) is 44.1 Å². The third-order valence-corrected chi connectivity index (χ3v) is 6.52. The summed E-state index contributed by atoms with van der Waals surface area (Å²) >= 11 is 0. The molecule has 1 N–H and O–H groups in total. The molecule has 0 unspecified atom stereocenters. The smallest absolute Gasteiger partial charge is 0.229 e. The normalized spacial score (nSPS) is 34.0. The average Bonchev–Trinajstić information content (AvgIpc) is 3.17. The zero-order valence-electron chi connectivity index (χ0n) is 13.8. The summed E-state index contributed by atoms with van der Waals surface area (Å²) in [6, 6.07) is 10.5. The van der Waals surface area contributed by atoms with Crippen LogP contribution in [0.25, 0.3) is 0 Å². The third-order valence-electron chi connectivity index (χ3n) is 6.52. The van der Waals surface area contributed by atoms with Crippen LogP contribution in [0, 0.1) is 17.3 Å². The molecule has 3 heteroatoms. The summed E-state index contributed by atoms with van der Waals surface area (Å²) in [7, 11) is 0. The van der Waals surface area contributed by atoms with Crippen LogP contribution in [0.15, 0.2) is 30.3 Å². The molecule has 0 radical (unpaired) electrons. The van der Waals surface area contributed by atoms with Crippen LogP contribution < -0.4 is 0 Å². The highest BCUT2D eigenvalue weighted by atomic mass is 16.3. The molecule has 3 atom stereocenters. The van der Waals surface area contributed by atoms with Crippen molar-refractivity contribution in [1.82, 2.24) is 4.90 Å². The van der Waals surface area contributed by atoms with Crippen molar-refractivity contribution >= 4 is 5.91 Å². The first kappa shape index (κ1) is 15.2. The molecule has 0 aromatic heterocycles. The quantitative estimate of drug-likeness (QED) is 0.932. The van der Waals surface area contributed by atoms with Crippen molar-refractivity contribution in [3.63, 3.8) is 0 Å². The van der Waals surface area contributed by atoms with Gasteiger partial charge in [-0.15, -0.1) is 0 Å². The van der Waals surface area contributed by atoms with Gasteiger partial charge in [-0.25, -0.2) is 0 Å².